The van der Waals surface area contributed by atoms with E-state index in [1.165, 1.54) is 14.2 Å². The summed E-state index contributed by atoms with van der Waals surface area (Å²) in [4.78, 5) is 7.31. The van der Waals surface area contributed by atoms with Gasteiger partial charge in [-0.2, -0.15) is 0 Å². The maximum absolute atomic E-state index is 5.57. The lowest BCUT2D eigenvalue weighted by molar-refractivity contribution is 0.283. The molecule has 0 aromatic heterocycles. The van der Waals surface area contributed by atoms with Gasteiger partial charge < -0.3 is 15.2 Å². The van der Waals surface area contributed by atoms with Crippen LogP contribution in [-0.2, 0) is 9.47 Å². The molecule has 0 rings (SSSR count). The van der Waals surface area contributed by atoms with Crippen LogP contribution >= 0.6 is 0 Å². The number of nitrogens with two attached hydrogens (primary N) is 1. The second-order valence-corrected chi connectivity index (χ2v) is 1.81. The van der Waals surface area contributed by atoms with Gasteiger partial charge in [-0.1, -0.05) is 0 Å². The van der Waals surface area contributed by atoms with Gasteiger partial charge in [0.2, 0.25) is 11.8 Å². The highest BCUT2D eigenvalue weighted by Crippen LogP contribution is 2.03. The highest BCUT2D eigenvalue weighted by molar-refractivity contribution is 5.92. The standard InChI is InChI=1S/C7H13N3O2/c1-9-6(11-3)5(8)7(10-2)12-4/h1,8H2,2-4H3/b6-5-,10-7?. The van der Waals surface area contributed by atoms with E-state index in [9.17, 15) is 0 Å². The Morgan fingerprint density at radius 1 is 1.33 bits per heavy atom. The van der Waals surface area contributed by atoms with Gasteiger partial charge in [-0.15, -0.1) is 0 Å². The van der Waals surface area contributed by atoms with E-state index in [0.717, 1.165) is 0 Å². The SMILES string of the molecule is C=N/C(OC)=C(/N)C(=NC)OC. The molecule has 0 aromatic rings. The summed E-state index contributed by atoms with van der Waals surface area (Å²) in [5, 5.41) is 0. The summed E-state index contributed by atoms with van der Waals surface area (Å²) >= 11 is 0. The maximum atomic E-state index is 5.57. The van der Waals surface area contributed by atoms with E-state index in [2.05, 4.69) is 16.7 Å². The molecule has 0 aliphatic rings. The lowest BCUT2D eigenvalue weighted by Crippen LogP contribution is -2.16. The highest BCUT2D eigenvalue weighted by atomic mass is 16.5. The minimum absolute atomic E-state index is 0.206. The second-order valence-electron chi connectivity index (χ2n) is 1.81. The fraction of sp³-hybridized carbons (Fsp3) is 0.429. The largest absolute Gasteiger partial charge is 0.480 e. The molecular weight excluding hydrogens is 158 g/mol. The Hall–Kier alpha value is -1.52. The molecule has 2 N–H and O–H groups in total. The third-order valence-corrected chi connectivity index (χ3v) is 1.19. The molecule has 0 atom stereocenters. The van der Waals surface area contributed by atoms with Crippen LogP contribution in [0, 0.1) is 0 Å². The predicted molar refractivity (Wildman–Crippen MR) is 48.1 cm³/mol. The van der Waals surface area contributed by atoms with Crippen molar-refractivity contribution >= 4 is 12.6 Å². The van der Waals surface area contributed by atoms with Crippen LogP contribution in [0.5, 0.6) is 0 Å². The number of nitrogens with zero attached hydrogens (tertiary/aromatic N) is 2. The van der Waals surface area contributed by atoms with Gasteiger partial charge in [-0.05, 0) is 6.72 Å². The molecule has 0 amide bonds. The fourth-order valence-electron chi connectivity index (χ4n) is 0.673. The fourth-order valence-corrected chi connectivity index (χ4v) is 0.673. The van der Waals surface area contributed by atoms with Gasteiger partial charge in [0.1, 0.15) is 0 Å². The van der Waals surface area contributed by atoms with Gasteiger partial charge in [0.15, 0.2) is 5.70 Å². The Labute approximate surface area is 71.6 Å². The molecule has 0 bridgehead atoms. The van der Waals surface area contributed by atoms with E-state index in [0.29, 0.717) is 0 Å². The minimum Gasteiger partial charge on any atom is -0.480 e. The molecule has 0 fully saturated rings. The van der Waals surface area contributed by atoms with Crippen molar-refractivity contribution in [2.75, 3.05) is 21.3 Å². The minimum atomic E-state index is 0.206. The van der Waals surface area contributed by atoms with Crippen LogP contribution in [-0.4, -0.2) is 33.9 Å². The van der Waals surface area contributed by atoms with Crippen molar-refractivity contribution in [3.63, 3.8) is 0 Å². The number of rotatable bonds is 3. The molecule has 0 spiro atoms. The Kier molecular flexibility index (Phi) is 4.52. The molecule has 0 unspecified atom stereocenters. The zero-order valence-corrected chi connectivity index (χ0v) is 7.50. The molecule has 12 heavy (non-hydrogen) atoms. The molecule has 0 aromatic carbocycles. The molecule has 0 saturated heterocycles. The molecular formula is C7H13N3O2. The van der Waals surface area contributed by atoms with Gasteiger partial charge in [0, 0.05) is 7.05 Å². The number of aliphatic imine (C=N–C) groups is 2. The summed E-state index contributed by atoms with van der Waals surface area (Å²) in [6, 6.07) is 0. The topological polar surface area (TPSA) is 69.2 Å². The van der Waals surface area contributed by atoms with Gasteiger partial charge in [0.25, 0.3) is 0 Å². The molecule has 0 heterocycles. The van der Waals surface area contributed by atoms with Crippen LogP contribution in [0.2, 0.25) is 0 Å². The van der Waals surface area contributed by atoms with Crippen LogP contribution in [0.4, 0.5) is 0 Å². The highest BCUT2D eigenvalue weighted by Gasteiger charge is 2.08. The zero-order valence-electron chi connectivity index (χ0n) is 7.50. The summed E-state index contributed by atoms with van der Waals surface area (Å²) in [5.41, 5.74) is 5.80. The van der Waals surface area contributed by atoms with Crippen LogP contribution < -0.4 is 5.73 Å². The first kappa shape index (κ1) is 10.5. The molecule has 5 nitrogen and oxygen atoms in total. The van der Waals surface area contributed by atoms with E-state index >= 15 is 0 Å². The van der Waals surface area contributed by atoms with E-state index < -0.39 is 0 Å². The number of methoxy groups -OCH3 is 2. The van der Waals surface area contributed by atoms with Crippen molar-refractivity contribution in [3.05, 3.63) is 11.6 Å². The first-order valence-electron chi connectivity index (χ1n) is 3.22. The molecule has 68 valence electrons. The van der Waals surface area contributed by atoms with E-state index in [4.69, 9.17) is 15.2 Å². The average Bonchev–Trinajstić information content (AvgIpc) is 2.09. The Balaban J connectivity index is 4.84. The monoisotopic (exact) mass is 171 g/mol. The lowest BCUT2D eigenvalue weighted by atomic mass is 10.4. The molecule has 5 heteroatoms. The second kappa shape index (κ2) is 5.17. The summed E-state index contributed by atoms with van der Waals surface area (Å²) in [7, 11) is 4.47. The Morgan fingerprint density at radius 3 is 2.17 bits per heavy atom. The van der Waals surface area contributed by atoms with Crippen molar-refractivity contribution < 1.29 is 9.47 Å². The third-order valence-electron chi connectivity index (χ3n) is 1.19. The first-order valence-corrected chi connectivity index (χ1v) is 3.22. The van der Waals surface area contributed by atoms with E-state index in [1.807, 2.05) is 0 Å². The van der Waals surface area contributed by atoms with Gasteiger partial charge in [-0.3, -0.25) is 4.99 Å². The zero-order chi connectivity index (χ0) is 9.56. The van der Waals surface area contributed by atoms with Crippen molar-refractivity contribution in [3.8, 4) is 0 Å². The molecule has 0 aliphatic heterocycles. The quantitative estimate of drug-likeness (QED) is 0.373. The lowest BCUT2D eigenvalue weighted by Gasteiger charge is -2.06. The van der Waals surface area contributed by atoms with E-state index in [1.54, 1.807) is 7.05 Å². The van der Waals surface area contributed by atoms with Crippen molar-refractivity contribution in [2.45, 2.75) is 0 Å². The number of ether oxygens (including phenoxy) is 2. The van der Waals surface area contributed by atoms with Crippen molar-refractivity contribution in [1.82, 2.24) is 0 Å². The molecule has 0 aliphatic carbocycles. The maximum Gasteiger partial charge on any atom is 0.241 e. The molecule has 0 radical (unpaired) electrons. The summed E-state index contributed by atoms with van der Waals surface area (Å²) in [5.74, 6) is 0.483. The normalized spacial score (nSPS) is 13.4. The smallest absolute Gasteiger partial charge is 0.241 e. The average molecular weight is 171 g/mol. The van der Waals surface area contributed by atoms with Gasteiger partial charge in [0.05, 0.1) is 14.2 Å². The summed E-state index contributed by atoms with van der Waals surface area (Å²) < 4.78 is 9.66. The van der Waals surface area contributed by atoms with Gasteiger partial charge in [-0.25, -0.2) is 4.99 Å². The predicted octanol–water partition coefficient (Wildman–Crippen LogP) is 0.136. The van der Waals surface area contributed by atoms with Crippen molar-refractivity contribution in [1.29, 1.82) is 0 Å². The number of hydrogen-bond acceptors (Lipinski definition) is 5. The Morgan fingerprint density at radius 2 is 1.92 bits per heavy atom. The van der Waals surface area contributed by atoms with Crippen LogP contribution in [0.15, 0.2) is 21.6 Å². The van der Waals surface area contributed by atoms with E-state index in [-0.39, 0.29) is 17.5 Å². The third kappa shape index (κ3) is 2.26. The molecule has 0 saturated carbocycles. The van der Waals surface area contributed by atoms with Crippen LogP contribution in [0.25, 0.3) is 0 Å². The first-order chi connectivity index (χ1) is 5.71. The number of hydrogen-bond donors (Lipinski definition) is 1. The Bertz CT molecular complexity index is 221. The summed E-state index contributed by atoms with van der Waals surface area (Å²) in [6.07, 6.45) is 0. The van der Waals surface area contributed by atoms with Crippen LogP contribution in [0.3, 0.4) is 0 Å². The summed E-state index contributed by atoms with van der Waals surface area (Å²) in [6.45, 7) is 3.28. The van der Waals surface area contributed by atoms with Gasteiger partial charge >= 0.3 is 0 Å². The van der Waals surface area contributed by atoms with Crippen molar-refractivity contribution in [2.24, 2.45) is 15.7 Å². The van der Waals surface area contributed by atoms with Crippen LogP contribution in [0.1, 0.15) is 0 Å².